The molecule has 1 aliphatic heterocycles. The van der Waals surface area contributed by atoms with Crippen molar-refractivity contribution in [3.05, 3.63) is 76.6 Å². The van der Waals surface area contributed by atoms with Crippen LogP contribution in [0.25, 0.3) is 6.08 Å². The van der Waals surface area contributed by atoms with Gasteiger partial charge in [0.05, 0.1) is 5.69 Å². The molecule has 0 aliphatic carbocycles. The average molecular weight is 393 g/mol. The summed E-state index contributed by atoms with van der Waals surface area (Å²) < 4.78 is 5.88. The summed E-state index contributed by atoms with van der Waals surface area (Å²) in [5.41, 5.74) is 9.22. The molecule has 6 heteroatoms. The van der Waals surface area contributed by atoms with E-state index in [9.17, 15) is 0 Å². The molecule has 2 N–H and O–H groups in total. The van der Waals surface area contributed by atoms with Gasteiger partial charge in [-0.1, -0.05) is 30.4 Å². The van der Waals surface area contributed by atoms with Crippen LogP contribution in [0.4, 0.5) is 5.13 Å². The van der Waals surface area contributed by atoms with E-state index >= 15 is 0 Å². The van der Waals surface area contributed by atoms with Crippen LogP contribution >= 0.6 is 11.3 Å². The SMILES string of the molecule is Nc1nc2c(s1)CCN(C/C=C/c1cccc(OCc3cccnc3)c1)CC2. The van der Waals surface area contributed by atoms with Crippen molar-refractivity contribution in [2.75, 3.05) is 25.4 Å². The lowest BCUT2D eigenvalue weighted by atomic mass is 10.2. The van der Waals surface area contributed by atoms with Gasteiger partial charge in [0, 0.05) is 48.9 Å². The van der Waals surface area contributed by atoms with Gasteiger partial charge in [0.2, 0.25) is 0 Å². The van der Waals surface area contributed by atoms with E-state index in [1.54, 1.807) is 17.5 Å². The second kappa shape index (κ2) is 8.99. The lowest BCUT2D eigenvalue weighted by Gasteiger charge is -2.17. The molecule has 1 aliphatic rings. The smallest absolute Gasteiger partial charge is 0.180 e. The third kappa shape index (κ3) is 4.97. The quantitative estimate of drug-likeness (QED) is 0.691. The molecule has 0 saturated carbocycles. The first-order chi connectivity index (χ1) is 13.8. The second-order valence-corrected chi connectivity index (χ2v) is 7.96. The summed E-state index contributed by atoms with van der Waals surface area (Å²) in [7, 11) is 0. The van der Waals surface area contributed by atoms with Gasteiger partial charge in [-0.3, -0.25) is 9.88 Å². The van der Waals surface area contributed by atoms with Crippen LogP contribution in [0, 0.1) is 0 Å². The molecular weight excluding hydrogens is 368 g/mol. The largest absolute Gasteiger partial charge is 0.489 e. The van der Waals surface area contributed by atoms with Gasteiger partial charge in [-0.2, -0.15) is 0 Å². The Morgan fingerprint density at radius 3 is 3.00 bits per heavy atom. The molecule has 2 aromatic heterocycles. The first kappa shape index (κ1) is 18.7. The van der Waals surface area contributed by atoms with E-state index in [0.29, 0.717) is 11.7 Å². The number of benzene rings is 1. The molecular formula is C22H24N4OS. The van der Waals surface area contributed by atoms with Gasteiger partial charge in [0.25, 0.3) is 0 Å². The third-order valence-electron chi connectivity index (χ3n) is 4.78. The molecule has 144 valence electrons. The fraction of sp³-hybridized carbons (Fsp3) is 0.273. The molecule has 28 heavy (non-hydrogen) atoms. The number of nitrogens with two attached hydrogens (primary N) is 1. The molecule has 3 aromatic rings. The van der Waals surface area contributed by atoms with Crippen LogP contribution in [0.2, 0.25) is 0 Å². The maximum Gasteiger partial charge on any atom is 0.180 e. The summed E-state index contributed by atoms with van der Waals surface area (Å²) in [6.45, 7) is 3.53. The van der Waals surface area contributed by atoms with Crippen LogP contribution in [0.15, 0.2) is 54.9 Å². The fourth-order valence-electron chi connectivity index (χ4n) is 3.31. The lowest BCUT2D eigenvalue weighted by molar-refractivity contribution is 0.305. The zero-order valence-corrected chi connectivity index (χ0v) is 16.6. The van der Waals surface area contributed by atoms with Gasteiger partial charge in [-0.25, -0.2) is 4.98 Å². The van der Waals surface area contributed by atoms with E-state index in [4.69, 9.17) is 10.5 Å². The molecule has 5 nitrogen and oxygen atoms in total. The predicted molar refractivity (Wildman–Crippen MR) is 114 cm³/mol. The molecule has 0 amide bonds. The standard InChI is InChI=1S/C22H24N4OS/c23-22-25-20-8-12-26(13-9-21(20)28-22)11-3-6-17-4-1-7-19(14-17)27-16-18-5-2-10-24-15-18/h1-7,10,14-15H,8-9,11-13,16H2,(H2,23,25)/b6-3+. The van der Waals surface area contributed by atoms with E-state index in [-0.39, 0.29) is 0 Å². The number of hydrogen-bond donors (Lipinski definition) is 1. The number of ether oxygens (including phenoxy) is 1. The van der Waals surface area contributed by atoms with Gasteiger partial charge in [0.1, 0.15) is 12.4 Å². The Hall–Kier alpha value is -2.70. The van der Waals surface area contributed by atoms with Gasteiger partial charge in [-0.15, -0.1) is 11.3 Å². The minimum Gasteiger partial charge on any atom is -0.489 e. The van der Waals surface area contributed by atoms with Crippen LogP contribution < -0.4 is 10.5 Å². The topological polar surface area (TPSA) is 64.3 Å². The Morgan fingerprint density at radius 1 is 1.18 bits per heavy atom. The van der Waals surface area contributed by atoms with Gasteiger partial charge >= 0.3 is 0 Å². The third-order valence-corrected chi connectivity index (χ3v) is 5.76. The monoisotopic (exact) mass is 392 g/mol. The first-order valence-corrected chi connectivity index (χ1v) is 10.3. The van der Waals surface area contributed by atoms with Crippen molar-refractivity contribution in [3.8, 4) is 5.75 Å². The van der Waals surface area contributed by atoms with E-state index < -0.39 is 0 Å². The Balaban J connectivity index is 1.29. The highest BCUT2D eigenvalue weighted by atomic mass is 32.1. The number of pyridine rings is 1. The maximum atomic E-state index is 5.88. The fourth-order valence-corrected chi connectivity index (χ4v) is 4.18. The van der Waals surface area contributed by atoms with E-state index in [0.717, 1.165) is 49.4 Å². The first-order valence-electron chi connectivity index (χ1n) is 9.51. The van der Waals surface area contributed by atoms with Crippen LogP contribution in [0.3, 0.4) is 0 Å². The molecule has 0 radical (unpaired) electrons. The van der Waals surface area contributed by atoms with Gasteiger partial charge in [0.15, 0.2) is 5.13 Å². The summed E-state index contributed by atoms with van der Waals surface area (Å²) in [5, 5.41) is 0.698. The number of thiazole rings is 1. The van der Waals surface area contributed by atoms with Crippen LogP contribution in [-0.4, -0.2) is 34.5 Å². The lowest BCUT2D eigenvalue weighted by Crippen LogP contribution is -2.26. The van der Waals surface area contributed by atoms with E-state index in [1.165, 1.54) is 10.6 Å². The van der Waals surface area contributed by atoms with Gasteiger partial charge in [-0.05, 0) is 30.2 Å². The second-order valence-electron chi connectivity index (χ2n) is 6.85. The number of hydrogen-bond acceptors (Lipinski definition) is 6. The molecule has 0 spiro atoms. The van der Waals surface area contributed by atoms with Crippen LogP contribution in [-0.2, 0) is 19.4 Å². The highest BCUT2D eigenvalue weighted by molar-refractivity contribution is 7.15. The van der Waals surface area contributed by atoms with Crippen molar-refractivity contribution < 1.29 is 4.74 Å². The normalized spacial score (nSPS) is 14.7. The number of fused-ring (bicyclic) bond motifs is 1. The minimum absolute atomic E-state index is 0.525. The number of nitrogen functional groups attached to an aromatic ring is 1. The summed E-state index contributed by atoms with van der Waals surface area (Å²) >= 11 is 1.63. The number of rotatable bonds is 6. The van der Waals surface area contributed by atoms with Crippen molar-refractivity contribution in [1.29, 1.82) is 0 Å². The predicted octanol–water partition coefficient (Wildman–Crippen LogP) is 3.81. The van der Waals surface area contributed by atoms with Crippen molar-refractivity contribution in [1.82, 2.24) is 14.9 Å². The van der Waals surface area contributed by atoms with Crippen molar-refractivity contribution >= 4 is 22.5 Å². The minimum atomic E-state index is 0.525. The molecule has 4 rings (SSSR count). The average Bonchev–Trinajstić information content (AvgIpc) is 2.98. The summed E-state index contributed by atoms with van der Waals surface area (Å²) in [4.78, 5) is 12.4. The van der Waals surface area contributed by atoms with Crippen molar-refractivity contribution in [2.24, 2.45) is 0 Å². The summed E-state index contributed by atoms with van der Waals surface area (Å²) in [6.07, 6.45) is 10.00. The molecule has 0 atom stereocenters. The number of aromatic nitrogens is 2. The molecule has 3 heterocycles. The molecule has 1 aromatic carbocycles. The Bertz CT molecular complexity index is 913. The number of nitrogens with zero attached hydrogens (tertiary/aromatic N) is 3. The molecule has 0 bridgehead atoms. The summed E-state index contributed by atoms with van der Waals surface area (Å²) in [5.74, 6) is 0.869. The van der Waals surface area contributed by atoms with Gasteiger partial charge < -0.3 is 10.5 Å². The molecule has 0 fully saturated rings. The van der Waals surface area contributed by atoms with Crippen molar-refractivity contribution in [2.45, 2.75) is 19.4 Å². The number of anilines is 1. The Labute approximate surface area is 169 Å². The highest BCUT2D eigenvalue weighted by Gasteiger charge is 2.16. The van der Waals surface area contributed by atoms with E-state index in [2.05, 4.69) is 39.2 Å². The van der Waals surface area contributed by atoms with Crippen LogP contribution in [0.1, 0.15) is 21.7 Å². The van der Waals surface area contributed by atoms with E-state index in [1.807, 2.05) is 30.5 Å². The molecule has 0 unspecified atom stereocenters. The van der Waals surface area contributed by atoms with Crippen molar-refractivity contribution in [3.63, 3.8) is 0 Å². The zero-order valence-electron chi connectivity index (χ0n) is 15.8. The van der Waals surface area contributed by atoms with Crippen LogP contribution in [0.5, 0.6) is 5.75 Å². The maximum absolute atomic E-state index is 5.88. The molecule has 0 saturated heterocycles. The summed E-state index contributed by atoms with van der Waals surface area (Å²) in [6, 6.07) is 12.1. The Kier molecular flexibility index (Phi) is 5.99. The Morgan fingerprint density at radius 2 is 2.11 bits per heavy atom. The zero-order chi connectivity index (χ0) is 19.2. The highest BCUT2D eigenvalue weighted by Crippen LogP contribution is 2.24.